The fourth-order valence-corrected chi connectivity index (χ4v) is 4.52. The largest absolute Gasteiger partial charge is 0.497 e. The van der Waals surface area contributed by atoms with E-state index in [1.54, 1.807) is 55.6 Å². The van der Waals surface area contributed by atoms with Gasteiger partial charge in [-0.3, -0.25) is 9.10 Å². The molecule has 0 saturated carbocycles. The van der Waals surface area contributed by atoms with Gasteiger partial charge < -0.3 is 14.8 Å². The third-order valence-electron chi connectivity index (χ3n) is 4.95. The molecule has 0 aromatic heterocycles. The van der Waals surface area contributed by atoms with Gasteiger partial charge in [0.15, 0.2) is 0 Å². The number of rotatable bonds is 10. The number of hydrogen-bond donors (Lipinski definition) is 1. The average molecular weight is 469 g/mol. The van der Waals surface area contributed by atoms with E-state index in [9.17, 15) is 13.2 Å². The zero-order valence-electron chi connectivity index (χ0n) is 18.9. The number of methoxy groups -OCH3 is 1. The summed E-state index contributed by atoms with van der Waals surface area (Å²) in [6.45, 7) is 3.90. The van der Waals surface area contributed by atoms with Crippen LogP contribution in [0.2, 0.25) is 0 Å². The fraction of sp³-hybridized carbons (Fsp3) is 0.240. The fourth-order valence-electron chi connectivity index (χ4n) is 3.10. The highest BCUT2D eigenvalue weighted by molar-refractivity contribution is 7.92. The van der Waals surface area contributed by atoms with E-state index < -0.39 is 15.9 Å². The lowest BCUT2D eigenvalue weighted by Gasteiger charge is -2.24. The predicted octanol–water partition coefficient (Wildman–Crippen LogP) is 3.70. The minimum Gasteiger partial charge on any atom is -0.497 e. The number of nitrogens with one attached hydrogen (secondary N) is 1. The molecular weight excluding hydrogens is 440 g/mol. The van der Waals surface area contributed by atoms with E-state index in [1.807, 2.05) is 38.1 Å². The monoisotopic (exact) mass is 468 g/mol. The molecule has 0 bridgehead atoms. The molecule has 8 heteroatoms. The Bertz CT molecular complexity index is 1180. The van der Waals surface area contributed by atoms with Crippen molar-refractivity contribution in [3.05, 3.63) is 83.9 Å². The zero-order valence-corrected chi connectivity index (χ0v) is 19.8. The summed E-state index contributed by atoms with van der Waals surface area (Å²) in [6.07, 6.45) is 0. The number of nitrogens with zero attached hydrogens (tertiary/aromatic N) is 1. The van der Waals surface area contributed by atoms with E-state index in [1.165, 1.54) is 0 Å². The van der Waals surface area contributed by atoms with Gasteiger partial charge in [0.1, 0.15) is 24.7 Å². The molecule has 0 unspecified atom stereocenters. The van der Waals surface area contributed by atoms with Gasteiger partial charge in [-0.05, 0) is 50.2 Å². The van der Waals surface area contributed by atoms with E-state index in [-0.39, 0.29) is 24.6 Å². The first-order valence-corrected chi connectivity index (χ1v) is 11.9. The van der Waals surface area contributed by atoms with Gasteiger partial charge in [-0.1, -0.05) is 41.5 Å². The summed E-state index contributed by atoms with van der Waals surface area (Å²) in [7, 11) is -2.36. The Morgan fingerprint density at radius 3 is 2.15 bits per heavy atom. The second-order valence-corrected chi connectivity index (χ2v) is 9.40. The van der Waals surface area contributed by atoms with Crippen LogP contribution < -0.4 is 19.1 Å². The van der Waals surface area contributed by atoms with Crippen LogP contribution in [0.5, 0.6) is 11.5 Å². The van der Waals surface area contributed by atoms with E-state index in [2.05, 4.69) is 5.32 Å². The van der Waals surface area contributed by atoms with Gasteiger partial charge >= 0.3 is 0 Å². The minimum absolute atomic E-state index is 0.128. The van der Waals surface area contributed by atoms with Crippen LogP contribution in [-0.2, 0) is 14.8 Å². The Hall–Kier alpha value is -3.52. The Morgan fingerprint density at radius 2 is 1.52 bits per heavy atom. The molecule has 0 heterocycles. The minimum atomic E-state index is -3.93. The third kappa shape index (κ3) is 6.49. The van der Waals surface area contributed by atoms with Crippen LogP contribution in [0.25, 0.3) is 0 Å². The Morgan fingerprint density at radius 1 is 0.909 bits per heavy atom. The third-order valence-corrected chi connectivity index (χ3v) is 6.74. The molecule has 3 rings (SSSR count). The maximum absolute atomic E-state index is 13.3. The highest BCUT2D eigenvalue weighted by atomic mass is 32.2. The van der Waals surface area contributed by atoms with Crippen molar-refractivity contribution in [1.82, 2.24) is 5.32 Å². The Labute approximate surface area is 195 Å². The van der Waals surface area contributed by atoms with E-state index in [4.69, 9.17) is 9.47 Å². The van der Waals surface area contributed by atoms with Crippen molar-refractivity contribution in [3.63, 3.8) is 0 Å². The number of ether oxygens (including phenoxy) is 2. The van der Waals surface area contributed by atoms with Gasteiger partial charge in [-0.2, -0.15) is 0 Å². The Kier molecular flexibility index (Phi) is 7.95. The molecule has 0 aliphatic carbocycles. The van der Waals surface area contributed by atoms with Gasteiger partial charge in [-0.25, -0.2) is 8.42 Å². The highest BCUT2D eigenvalue weighted by Crippen LogP contribution is 2.24. The summed E-state index contributed by atoms with van der Waals surface area (Å²) in [6, 6.07) is 20.7. The first kappa shape index (κ1) is 24.1. The molecular formula is C25H28N2O5S. The number of hydrogen-bond acceptors (Lipinski definition) is 5. The second kappa shape index (κ2) is 10.9. The van der Waals surface area contributed by atoms with E-state index in [0.29, 0.717) is 17.2 Å². The summed E-state index contributed by atoms with van der Waals surface area (Å²) in [5, 5.41) is 2.72. The average Bonchev–Trinajstić information content (AvgIpc) is 2.81. The van der Waals surface area contributed by atoms with Gasteiger partial charge in [0.05, 0.1) is 24.2 Å². The summed E-state index contributed by atoms with van der Waals surface area (Å²) in [5.74, 6) is 0.860. The molecule has 7 nitrogen and oxygen atoms in total. The molecule has 1 amide bonds. The van der Waals surface area contributed by atoms with Crippen molar-refractivity contribution in [2.24, 2.45) is 0 Å². The lowest BCUT2D eigenvalue weighted by atomic mass is 10.2. The van der Waals surface area contributed by atoms with Crippen molar-refractivity contribution < 1.29 is 22.7 Å². The summed E-state index contributed by atoms with van der Waals surface area (Å²) < 4.78 is 38.6. The number of amides is 1. The molecule has 0 spiro atoms. The summed E-state index contributed by atoms with van der Waals surface area (Å²) >= 11 is 0. The summed E-state index contributed by atoms with van der Waals surface area (Å²) in [5.41, 5.74) is 2.36. The predicted molar refractivity (Wildman–Crippen MR) is 128 cm³/mol. The maximum Gasteiger partial charge on any atom is 0.264 e. The topological polar surface area (TPSA) is 84.9 Å². The first-order chi connectivity index (χ1) is 15.8. The molecule has 174 valence electrons. The molecule has 1 N–H and O–H groups in total. The van der Waals surface area contributed by atoms with Gasteiger partial charge in [0.2, 0.25) is 5.91 Å². The molecule has 0 radical (unpaired) electrons. The molecule has 0 saturated heterocycles. The second-order valence-electron chi connectivity index (χ2n) is 7.54. The standard InChI is InChI=1S/C25H28N2O5S/c1-19-7-11-21(12-8-19)27(33(29,30)24-13-9-20(2)10-14-24)18-25(28)26-15-16-32-23-6-4-5-22(17-23)31-3/h4-14,17H,15-16,18H2,1-3H3,(H,26,28). The van der Waals surface area contributed by atoms with Crippen molar-refractivity contribution >= 4 is 21.6 Å². The van der Waals surface area contributed by atoms with Crippen LogP contribution >= 0.6 is 0 Å². The van der Waals surface area contributed by atoms with Crippen molar-refractivity contribution in [1.29, 1.82) is 0 Å². The molecule has 3 aromatic rings. The molecule has 0 atom stereocenters. The van der Waals surface area contributed by atoms with Crippen LogP contribution in [0.4, 0.5) is 5.69 Å². The molecule has 3 aromatic carbocycles. The SMILES string of the molecule is COc1cccc(OCCNC(=O)CN(c2ccc(C)cc2)S(=O)(=O)c2ccc(C)cc2)c1. The number of anilines is 1. The highest BCUT2D eigenvalue weighted by Gasteiger charge is 2.27. The lowest BCUT2D eigenvalue weighted by Crippen LogP contribution is -2.41. The van der Waals surface area contributed by atoms with Gasteiger partial charge in [0.25, 0.3) is 10.0 Å². The molecule has 0 aliphatic rings. The molecule has 33 heavy (non-hydrogen) atoms. The Balaban J connectivity index is 1.68. The van der Waals surface area contributed by atoms with Crippen LogP contribution in [0, 0.1) is 13.8 Å². The van der Waals surface area contributed by atoms with Crippen molar-refractivity contribution in [2.75, 3.05) is 31.1 Å². The summed E-state index contributed by atoms with van der Waals surface area (Å²) in [4.78, 5) is 12.8. The number of carbonyl (C=O) groups is 1. The maximum atomic E-state index is 13.3. The normalized spacial score (nSPS) is 11.0. The smallest absolute Gasteiger partial charge is 0.264 e. The molecule has 0 aliphatic heterocycles. The number of carbonyl (C=O) groups excluding carboxylic acids is 1. The van der Waals surface area contributed by atoms with Crippen molar-refractivity contribution in [2.45, 2.75) is 18.7 Å². The van der Waals surface area contributed by atoms with Crippen LogP contribution in [0.15, 0.2) is 77.7 Å². The van der Waals surface area contributed by atoms with Gasteiger partial charge in [0, 0.05) is 6.07 Å². The number of sulfonamides is 1. The quantitative estimate of drug-likeness (QED) is 0.459. The van der Waals surface area contributed by atoms with Gasteiger partial charge in [-0.15, -0.1) is 0 Å². The molecule has 0 fully saturated rings. The van der Waals surface area contributed by atoms with E-state index >= 15 is 0 Å². The number of aryl methyl sites for hydroxylation is 2. The first-order valence-electron chi connectivity index (χ1n) is 10.5. The van der Waals surface area contributed by atoms with E-state index in [0.717, 1.165) is 15.4 Å². The van der Waals surface area contributed by atoms with Crippen LogP contribution in [-0.4, -0.2) is 41.1 Å². The van der Waals surface area contributed by atoms with Crippen molar-refractivity contribution in [3.8, 4) is 11.5 Å². The number of benzene rings is 3. The van der Waals surface area contributed by atoms with Crippen LogP contribution in [0.1, 0.15) is 11.1 Å². The zero-order chi connectivity index (χ0) is 23.8. The van der Waals surface area contributed by atoms with Crippen LogP contribution in [0.3, 0.4) is 0 Å². The lowest BCUT2D eigenvalue weighted by molar-refractivity contribution is -0.119.